The van der Waals surface area contributed by atoms with E-state index in [1.165, 1.54) is 0 Å². The van der Waals surface area contributed by atoms with Gasteiger partial charge in [-0.1, -0.05) is 12.1 Å². The molecule has 0 bridgehead atoms. The minimum absolute atomic E-state index is 0.0162. The lowest BCUT2D eigenvalue weighted by atomic mass is 10.1. The Kier molecular flexibility index (Phi) is 6.48. The number of hydrogen-bond acceptors (Lipinski definition) is 3. The maximum Gasteiger partial charge on any atom is 0.411 e. The van der Waals surface area contributed by atoms with Crippen molar-refractivity contribution in [3.05, 3.63) is 29.8 Å². The van der Waals surface area contributed by atoms with E-state index in [2.05, 4.69) is 30.8 Å². The van der Waals surface area contributed by atoms with Crippen molar-refractivity contribution in [3.63, 3.8) is 0 Å². The zero-order valence-corrected chi connectivity index (χ0v) is 12.6. The summed E-state index contributed by atoms with van der Waals surface area (Å²) in [4.78, 5) is 0. The van der Waals surface area contributed by atoms with Crippen LogP contribution in [0.3, 0.4) is 0 Å². The van der Waals surface area contributed by atoms with Crippen LogP contribution in [0.25, 0.3) is 0 Å². The molecule has 6 heteroatoms. The molecule has 1 aromatic carbocycles. The lowest BCUT2D eigenvalue weighted by Crippen LogP contribution is -2.35. The summed E-state index contributed by atoms with van der Waals surface area (Å²) in [6, 6.07) is 7.45. The van der Waals surface area contributed by atoms with Gasteiger partial charge in [0.1, 0.15) is 19.0 Å². The second-order valence-corrected chi connectivity index (χ2v) is 5.77. The molecule has 120 valence electrons. The van der Waals surface area contributed by atoms with Gasteiger partial charge in [-0.05, 0) is 38.5 Å². The Morgan fingerprint density at radius 3 is 2.43 bits per heavy atom. The molecule has 0 aliphatic heterocycles. The molecule has 21 heavy (non-hydrogen) atoms. The predicted octanol–water partition coefficient (Wildman–Crippen LogP) is 3.53. The van der Waals surface area contributed by atoms with Gasteiger partial charge in [0.2, 0.25) is 0 Å². The van der Waals surface area contributed by atoms with Crippen molar-refractivity contribution in [1.29, 1.82) is 0 Å². The molecule has 0 fully saturated rings. The molecule has 0 radical (unpaired) electrons. The third-order valence-electron chi connectivity index (χ3n) is 2.48. The number of ether oxygens (including phenoxy) is 2. The van der Waals surface area contributed by atoms with Crippen molar-refractivity contribution < 1.29 is 22.6 Å². The summed E-state index contributed by atoms with van der Waals surface area (Å²) in [6.07, 6.45) is -4.29. The molecule has 1 aromatic rings. The average molecular weight is 305 g/mol. The molecule has 0 saturated heterocycles. The van der Waals surface area contributed by atoms with Gasteiger partial charge in [0, 0.05) is 12.1 Å². The van der Waals surface area contributed by atoms with Crippen molar-refractivity contribution in [2.75, 3.05) is 19.8 Å². The quantitative estimate of drug-likeness (QED) is 0.782. The summed E-state index contributed by atoms with van der Waals surface area (Å²) in [5.41, 5.74) is 1.07. The lowest BCUT2D eigenvalue weighted by Gasteiger charge is -2.20. The molecule has 0 amide bonds. The first kappa shape index (κ1) is 17.8. The number of halogens is 3. The van der Waals surface area contributed by atoms with Gasteiger partial charge >= 0.3 is 6.18 Å². The maximum atomic E-state index is 11.9. The fraction of sp³-hybridized carbons (Fsp3) is 0.600. The first-order chi connectivity index (χ1) is 9.66. The van der Waals surface area contributed by atoms with Gasteiger partial charge in [0.15, 0.2) is 0 Å². The molecule has 0 unspecified atom stereocenters. The van der Waals surface area contributed by atoms with Crippen LogP contribution >= 0.6 is 0 Å². The van der Waals surface area contributed by atoms with Gasteiger partial charge in [-0.15, -0.1) is 0 Å². The van der Waals surface area contributed by atoms with E-state index in [9.17, 15) is 13.2 Å². The van der Waals surface area contributed by atoms with Crippen LogP contribution in [0.1, 0.15) is 26.3 Å². The van der Waals surface area contributed by atoms with Crippen LogP contribution in [0, 0.1) is 0 Å². The van der Waals surface area contributed by atoms with Crippen LogP contribution in [0.5, 0.6) is 5.75 Å². The summed E-state index contributed by atoms with van der Waals surface area (Å²) in [5, 5.41) is 3.35. The highest BCUT2D eigenvalue weighted by Gasteiger charge is 2.27. The second-order valence-electron chi connectivity index (χ2n) is 5.77. The van der Waals surface area contributed by atoms with Crippen LogP contribution in [-0.4, -0.2) is 31.5 Å². The van der Waals surface area contributed by atoms with Crippen LogP contribution in [0.2, 0.25) is 0 Å². The first-order valence-electron chi connectivity index (χ1n) is 6.77. The van der Waals surface area contributed by atoms with E-state index in [-0.39, 0.29) is 18.8 Å². The predicted molar refractivity (Wildman–Crippen MR) is 75.4 cm³/mol. The Morgan fingerprint density at radius 1 is 1.10 bits per heavy atom. The van der Waals surface area contributed by atoms with E-state index in [1.54, 1.807) is 6.07 Å². The van der Waals surface area contributed by atoms with Crippen LogP contribution in [0.15, 0.2) is 24.3 Å². The van der Waals surface area contributed by atoms with E-state index in [1.807, 2.05) is 18.2 Å². The standard InChI is InChI=1S/C15H22F3NO2/c1-14(2,3)19-10-12-5-4-6-13(9-12)21-8-7-20-11-15(16,17)18/h4-6,9,19H,7-8,10-11H2,1-3H3. The topological polar surface area (TPSA) is 30.5 Å². The monoisotopic (exact) mass is 305 g/mol. The normalized spacial score (nSPS) is 12.5. The van der Waals surface area contributed by atoms with Crippen LogP contribution in [-0.2, 0) is 11.3 Å². The highest BCUT2D eigenvalue weighted by atomic mass is 19.4. The molecule has 3 nitrogen and oxygen atoms in total. The minimum atomic E-state index is -4.29. The molecule has 0 saturated carbocycles. The summed E-state index contributed by atoms with van der Waals surface area (Å²) < 4.78 is 45.5. The third-order valence-corrected chi connectivity index (χ3v) is 2.48. The molecular weight excluding hydrogens is 283 g/mol. The fourth-order valence-corrected chi connectivity index (χ4v) is 1.52. The number of alkyl halides is 3. The molecule has 0 aliphatic rings. The summed E-state index contributed by atoms with van der Waals surface area (Å²) in [5.74, 6) is 0.624. The summed E-state index contributed by atoms with van der Waals surface area (Å²) in [7, 11) is 0. The van der Waals surface area contributed by atoms with Crippen molar-refractivity contribution in [2.24, 2.45) is 0 Å². The number of benzene rings is 1. The Bertz CT molecular complexity index is 428. The Hall–Kier alpha value is -1.27. The zero-order valence-electron chi connectivity index (χ0n) is 12.6. The average Bonchev–Trinajstić information content (AvgIpc) is 2.34. The highest BCUT2D eigenvalue weighted by Crippen LogP contribution is 2.15. The number of rotatable bonds is 7. The minimum Gasteiger partial charge on any atom is -0.491 e. The Balaban J connectivity index is 2.32. The van der Waals surface area contributed by atoms with Gasteiger partial charge in [0.05, 0.1) is 6.61 Å². The van der Waals surface area contributed by atoms with E-state index in [0.717, 1.165) is 5.56 Å². The van der Waals surface area contributed by atoms with Gasteiger partial charge < -0.3 is 14.8 Å². The first-order valence-corrected chi connectivity index (χ1v) is 6.77. The molecule has 0 spiro atoms. The molecule has 0 aliphatic carbocycles. The van der Waals surface area contributed by atoms with E-state index in [0.29, 0.717) is 12.3 Å². The SMILES string of the molecule is CC(C)(C)NCc1cccc(OCCOCC(F)(F)F)c1. The molecule has 1 rings (SSSR count). The van der Waals surface area contributed by atoms with E-state index < -0.39 is 12.8 Å². The molecule has 0 atom stereocenters. The van der Waals surface area contributed by atoms with Crippen LogP contribution in [0.4, 0.5) is 13.2 Å². The molecular formula is C15H22F3NO2. The van der Waals surface area contributed by atoms with Crippen molar-refractivity contribution in [3.8, 4) is 5.75 Å². The number of hydrogen-bond donors (Lipinski definition) is 1. The fourth-order valence-electron chi connectivity index (χ4n) is 1.52. The molecule has 1 N–H and O–H groups in total. The van der Waals surface area contributed by atoms with E-state index >= 15 is 0 Å². The number of nitrogens with one attached hydrogen (secondary N) is 1. The lowest BCUT2D eigenvalue weighted by molar-refractivity contribution is -0.175. The Labute approximate surface area is 123 Å². The smallest absolute Gasteiger partial charge is 0.411 e. The van der Waals surface area contributed by atoms with Crippen molar-refractivity contribution in [1.82, 2.24) is 5.32 Å². The van der Waals surface area contributed by atoms with Crippen molar-refractivity contribution in [2.45, 2.75) is 39.0 Å². The molecule has 0 heterocycles. The summed E-state index contributed by atoms with van der Waals surface area (Å²) in [6.45, 7) is 5.68. The van der Waals surface area contributed by atoms with Crippen LogP contribution < -0.4 is 10.1 Å². The maximum absolute atomic E-state index is 11.9. The van der Waals surface area contributed by atoms with Gasteiger partial charge in [-0.25, -0.2) is 0 Å². The summed E-state index contributed by atoms with van der Waals surface area (Å²) >= 11 is 0. The van der Waals surface area contributed by atoms with Gasteiger partial charge in [0.25, 0.3) is 0 Å². The van der Waals surface area contributed by atoms with Gasteiger partial charge in [-0.2, -0.15) is 13.2 Å². The van der Waals surface area contributed by atoms with E-state index in [4.69, 9.17) is 4.74 Å². The second kappa shape index (κ2) is 7.66. The highest BCUT2D eigenvalue weighted by molar-refractivity contribution is 5.28. The Morgan fingerprint density at radius 2 is 1.81 bits per heavy atom. The molecule has 0 aromatic heterocycles. The zero-order chi connectivity index (χ0) is 15.9. The largest absolute Gasteiger partial charge is 0.491 e. The van der Waals surface area contributed by atoms with Gasteiger partial charge in [-0.3, -0.25) is 0 Å². The third kappa shape index (κ3) is 9.31. The van der Waals surface area contributed by atoms with Crippen molar-refractivity contribution >= 4 is 0 Å².